The minimum absolute atomic E-state index is 0.566. The number of carboxylic acids is 1. The van der Waals surface area contributed by atoms with E-state index in [0.29, 0.717) is 6.54 Å². The van der Waals surface area contributed by atoms with Crippen molar-refractivity contribution in [2.24, 2.45) is 0 Å². The van der Waals surface area contributed by atoms with E-state index in [1.165, 1.54) is 0 Å². The number of hydrogen-bond acceptors (Lipinski definition) is 3. The van der Waals surface area contributed by atoms with Crippen molar-refractivity contribution in [3.05, 3.63) is 29.8 Å². The number of likely N-dealkylation sites (N-methyl/N-ethyl adjacent to an activating group) is 1. The van der Waals surface area contributed by atoms with Crippen LogP contribution in [0.3, 0.4) is 0 Å². The van der Waals surface area contributed by atoms with Crippen LogP contribution >= 0.6 is 0 Å². The number of aliphatic carboxylic acids is 1. The molecule has 0 aliphatic rings. The molecule has 4 nitrogen and oxygen atoms in total. The summed E-state index contributed by atoms with van der Waals surface area (Å²) in [6.45, 7) is 3.95. The number of methoxy groups -OCH3 is 1. The fourth-order valence-electron chi connectivity index (χ4n) is 1.41. The standard InChI is InChI=1S/C13H19NO3/c1-13(2,12(15)16)14(3)9-10-6-5-7-11(8-10)17-4/h5-8H,9H2,1-4H3,(H,15,16). The third kappa shape index (κ3) is 3.20. The monoisotopic (exact) mass is 237 g/mol. The van der Waals surface area contributed by atoms with Crippen LogP contribution in [0.15, 0.2) is 24.3 Å². The molecule has 0 radical (unpaired) electrons. The maximum Gasteiger partial charge on any atom is 0.323 e. The lowest BCUT2D eigenvalue weighted by Gasteiger charge is -2.31. The third-order valence-electron chi connectivity index (χ3n) is 3.03. The summed E-state index contributed by atoms with van der Waals surface area (Å²) in [4.78, 5) is 12.9. The van der Waals surface area contributed by atoms with Crippen LogP contribution in [-0.2, 0) is 11.3 Å². The summed E-state index contributed by atoms with van der Waals surface area (Å²) in [5.41, 5.74) is 0.143. The third-order valence-corrected chi connectivity index (χ3v) is 3.03. The average Bonchev–Trinajstić information content (AvgIpc) is 2.29. The molecule has 0 heterocycles. The fourth-order valence-corrected chi connectivity index (χ4v) is 1.41. The second-order valence-corrected chi connectivity index (χ2v) is 4.57. The van der Waals surface area contributed by atoms with E-state index in [1.54, 1.807) is 32.9 Å². The highest BCUT2D eigenvalue weighted by atomic mass is 16.5. The van der Waals surface area contributed by atoms with Crippen LogP contribution in [0, 0.1) is 0 Å². The first-order chi connectivity index (χ1) is 7.87. The van der Waals surface area contributed by atoms with Gasteiger partial charge in [-0.1, -0.05) is 12.1 Å². The molecule has 4 heteroatoms. The van der Waals surface area contributed by atoms with Crippen LogP contribution in [-0.4, -0.2) is 35.7 Å². The molecule has 0 aliphatic carbocycles. The van der Waals surface area contributed by atoms with Crippen LogP contribution in [0.25, 0.3) is 0 Å². The summed E-state index contributed by atoms with van der Waals surface area (Å²) in [6, 6.07) is 7.63. The molecule has 0 unspecified atom stereocenters. The second-order valence-electron chi connectivity index (χ2n) is 4.57. The number of benzene rings is 1. The van der Waals surface area contributed by atoms with E-state index in [-0.39, 0.29) is 0 Å². The first kappa shape index (κ1) is 13.5. The van der Waals surface area contributed by atoms with E-state index in [9.17, 15) is 4.79 Å². The van der Waals surface area contributed by atoms with Crippen molar-refractivity contribution in [2.75, 3.05) is 14.2 Å². The van der Waals surface area contributed by atoms with Gasteiger partial charge in [0.1, 0.15) is 11.3 Å². The zero-order valence-corrected chi connectivity index (χ0v) is 10.7. The molecule has 0 aliphatic heterocycles. The van der Waals surface area contributed by atoms with E-state index >= 15 is 0 Å². The van der Waals surface area contributed by atoms with E-state index in [4.69, 9.17) is 9.84 Å². The Morgan fingerprint density at radius 2 is 2.12 bits per heavy atom. The number of rotatable bonds is 5. The highest BCUT2D eigenvalue weighted by molar-refractivity contribution is 5.77. The van der Waals surface area contributed by atoms with E-state index in [2.05, 4.69) is 0 Å². The zero-order valence-electron chi connectivity index (χ0n) is 10.7. The minimum atomic E-state index is -0.886. The molecule has 0 saturated carbocycles. The molecule has 1 N–H and O–H groups in total. The van der Waals surface area contributed by atoms with Crippen LogP contribution in [0.1, 0.15) is 19.4 Å². The maximum atomic E-state index is 11.1. The van der Waals surface area contributed by atoms with Crippen molar-refractivity contribution in [2.45, 2.75) is 25.9 Å². The van der Waals surface area contributed by atoms with Gasteiger partial charge < -0.3 is 9.84 Å². The first-order valence-electron chi connectivity index (χ1n) is 5.45. The highest BCUT2D eigenvalue weighted by Gasteiger charge is 2.31. The lowest BCUT2D eigenvalue weighted by Crippen LogP contribution is -2.47. The summed E-state index contributed by atoms with van der Waals surface area (Å²) in [6.07, 6.45) is 0. The number of nitrogens with zero attached hydrogens (tertiary/aromatic N) is 1. The van der Waals surface area contributed by atoms with Crippen molar-refractivity contribution in [1.82, 2.24) is 4.90 Å². The molecule has 1 aromatic rings. The Hall–Kier alpha value is -1.55. The van der Waals surface area contributed by atoms with Gasteiger partial charge in [-0.2, -0.15) is 0 Å². The number of hydrogen-bond donors (Lipinski definition) is 1. The summed E-state index contributed by atoms with van der Waals surface area (Å²) >= 11 is 0. The molecule has 1 rings (SSSR count). The molecular formula is C13H19NO3. The van der Waals surface area contributed by atoms with Gasteiger partial charge in [-0.05, 0) is 38.6 Å². The predicted octanol–water partition coefficient (Wildman–Crippen LogP) is 1.99. The molecule has 0 spiro atoms. The summed E-state index contributed by atoms with van der Waals surface area (Å²) in [5, 5.41) is 9.12. The summed E-state index contributed by atoms with van der Waals surface area (Å²) < 4.78 is 5.13. The minimum Gasteiger partial charge on any atom is -0.497 e. The lowest BCUT2D eigenvalue weighted by atomic mass is 10.0. The predicted molar refractivity (Wildman–Crippen MR) is 66.2 cm³/mol. The van der Waals surface area contributed by atoms with Gasteiger partial charge in [0, 0.05) is 6.54 Å². The SMILES string of the molecule is COc1cccc(CN(C)C(C)(C)C(=O)O)c1. The van der Waals surface area contributed by atoms with Crippen molar-refractivity contribution in [3.63, 3.8) is 0 Å². The normalized spacial score (nSPS) is 11.6. The summed E-state index contributed by atoms with van der Waals surface area (Å²) in [7, 11) is 3.41. The van der Waals surface area contributed by atoms with E-state index in [0.717, 1.165) is 11.3 Å². The highest BCUT2D eigenvalue weighted by Crippen LogP contribution is 2.19. The second kappa shape index (κ2) is 5.19. The van der Waals surface area contributed by atoms with Crippen LogP contribution in [0.5, 0.6) is 5.75 Å². The Morgan fingerprint density at radius 1 is 1.47 bits per heavy atom. The zero-order chi connectivity index (χ0) is 13.1. The van der Waals surface area contributed by atoms with E-state index in [1.807, 2.05) is 24.3 Å². The van der Waals surface area contributed by atoms with Gasteiger partial charge in [0.05, 0.1) is 7.11 Å². The summed E-state index contributed by atoms with van der Waals surface area (Å²) in [5.74, 6) is -0.0491. The molecule has 0 saturated heterocycles. The van der Waals surface area contributed by atoms with Gasteiger partial charge in [-0.25, -0.2) is 0 Å². The number of carbonyl (C=O) groups is 1. The van der Waals surface area contributed by atoms with Crippen molar-refractivity contribution in [3.8, 4) is 5.75 Å². The van der Waals surface area contributed by atoms with Crippen LogP contribution < -0.4 is 4.74 Å². The van der Waals surface area contributed by atoms with Crippen molar-refractivity contribution >= 4 is 5.97 Å². The van der Waals surface area contributed by atoms with Gasteiger partial charge in [0.2, 0.25) is 0 Å². The molecule has 17 heavy (non-hydrogen) atoms. The largest absolute Gasteiger partial charge is 0.497 e. The lowest BCUT2D eigenvalue weighted by molar-refractivity contribution is -0.148. The maximum absolute atomic E-state index is 11.1. The van der Waals surface area contributed by atoms with Gasteiger partial charge in [0.25, 0.3) is 0 Å². The Morgan fingerprint density at radius 3 is 2.65 bits per heavy atom. The molecule has 0 bridgehead atoms. The molecule has 1 aromatic carbocycles. The molecule has 0 amide bonds. The van der Waals surface area contributed by atoms with Gasteiger partial charge in [0.15, 0.2) is 0 Å². The Labute approximate surface area is 102 Å². The molecular weight excluding hydrogens is 218 g/mol. The number of carboxylic acid groups (broad SMARTS) is 1. The Kier molecular flexibility index (Phi) is 4.12. The van der Waals surface area contributed by atoms with Crippen molar-refractivity contribution in [1.29, 1.82) is 0 Å². The van der Waals surface area contributed by atoms with Gasteiger partial charge in [-0.15, -0.1) is 0 Å². The molecule has 0 aromatic heterocycles. The topological polar surface area (TPSA) is 49.8 Å². The van der Waals surface area contributed by atoms with E-state index < -0.39 is 11.5 Å². The molecule has 0 atom stereocenters. The van der Waals surface area contributed by atoms with Gasteiger partial charge >= 0.3 is 5.97 Å². The number of ether oxygens (including phenoxy) is 1. The van der Waals surface area contributed by atoms with Crippen LogP contribution in [0.4, 0.5) is 0 Å². The average molecular weight is 237 g/mol. The smallest absolute Gasteiger partial charge is 0.323 e. The van der Waals surface area contributed by atoms with Crippen LogP contribution in [0.2, 0.25) is 0 Å². The van der Waals surface area contributed by atoms with Gasteiger partial charge in [-0.3, -0.25) is 9.69 Å². The Bertz CT molecular complexity index is 401. The van der Waals surface area contributed by atoms with Crippen molar-refractivity contribution < 1.29 is 14.6 Å². The quantitative estimate of drug-likeness (QED) is 0.851. The molecule has 0 fully saturated rings. The fraction of sp³-hybridized carbons (Fsp3) is 0.462. The first-order valence-corrected chi connectivity index (χ1v) is 5.45. The molecule has 94 valence electrons. The Balaban J connectivity index is 2.80.